The van der Waals surface area contributed by atoms with Crippen LogP contribution in [0.3, 0.4) is 0 Å². The summed E-state index contributed by atoms with van der Waals surface area (Å²) in [7, 11) is 4.13. The van der Waals surface area contributed by atoms with Gasteiger partial charge in [-0.25, -0.2) is 14.5 Å². The topological polar surface area (TPSA) is 192 Å². The molecule has 0 unspecified atom stereocenters. The lowest BCUT2D eigenvalue weighted by Gasteiger charge is -2.27. The van der Waals surface area contributed by atoms with Crippen LogP contribution in [-0.2, 0) is 21.4 Å². The van der Waals surface area contributed by atoms with Crippen molar-refractivity contribution in [3.63, 3.8) is 0 Å². The zero-order valence-electron chi connectivity index (χ0n) is 40.7. The molecule has 0 aromatic carbocycles. The van der Waals surface area contributed by atoms with Crippen molar-refractivity contribution >= 4 is 11.7 Å². The van der Waals surface area contributed by atoms with Crippen LogP contribution in [-0.4, -0.2) is 117 Å². The molecule has 0 bridgehead atoms. The predicted octanol–water partition coefficient (Wildman–Crippen LogP) is 7.35. The van der Waals surface area contributed by atoms with E-state index in [2.05, 4.69) is 98.5 Å². The second kappa shape index (κ2) is 29.6. The first-order valence-electron chi connectivity index (χ1n) is 22.0. The first-order valence-corrected chi connectivity index (χ1v) is 22.0. The molecule has 6 aromatic rings. The summed E-state index contributed by atoms with van der Waals surface area (Å²) in [6, 6.07) is 7.46. The van der Waals surface area contributed by atoms with Gasteiger partial charge in [0.1, 0.15) is 5.82 Å². The SMILES string of the molecule is CC(=O)ON1CCC1.CC(C)c1cccc[n+]1O.CC(C)c1cnccn1.CC(C)c1nc2ncccn2n1.CC(C)c1nccn1C.CN1CCOCC1.Cc1nnc(C(C)C)o1. The zero-order chi connectivity index (χ0) is 47.6. The number of hydroxylamine groups is 2. The molecule has 0 aliphatic carbocycles. The molecule has 0 spiro atoms. The van der Waals surface area contributed by atoms with Crippen LogP contribution in [0.25, 0.3) is 5.78 Å². The zero-order valence-corrected chi connectivity index (χ0v) is 40.7. The normalized spacial score (nSPS) is 13.4. The number of likely N-dealkylation sites (N-methyl/N-ethyl adjacent to an activating group) is 1. The number of morpholine rings is 1. The molecule has 0 amide bonds. The van der Waals surface area contributed by atoms with E-state index in [0.717, 1.165) is 73.6 Å². The van der Waals surface area contributed by atoms with E-state index in [9.17, 15) is 10.0 Å². The van der Waals surface area contributed by atoms with Gasteiger partial charge in [-0.3, -0.25) is 20.0 Å². The molecular weight excluding hydrogens is 815 g/mol. The van der Waals surface area contributed by atoms with Crippen LogP contribution in [0.2, 0.25) is 0 Å². The highest BCUT2D eigenvalue weighted by Gasteiger charge is 2.16. The Balaban J connectivity index is 0.000000258. The third-order valence-corrected chi connectivity index (χ3v) is 9.00. The molecule has 18 heteroatoms. The summed E-state index contributed by atoms with van der Waals surface area (Å²) in [5.41, 5.74) is 1.99. The molecular formula is C46H74N13O5+. The van der Waals surface area contributed by atoms with E-state index >= 15 is 0 Å². The molecule has 6 aromatic heterocycles. The first kappa shape index (κ1) is 54.4. The smallest absolute Gasteiger partial charge is 0.322 e. The molecule has 2 aliphatic heterocycles. The Kier molecular flexibility index (Phi) is 25.2. The van der Waals surface area contributed by atoms with Crippen molar-refractivity contribution in [3.8, 4) is 0 Å². The minimum absolute atomic E-state index is 0.218. The van der Waals surface area contributed by atoms with Crippen molar-refractivity contribution in [3.05, 3.63) is 109 Å². The fraction of sp³-hybridized carbons (Fsp3) is 0.565. The first-order chi connectivity index (χ1) is 30.4. The quantitative estimate of drug-likeness (QED) is 0.129. The maximum atomic E-state index is 10.2. The highest BCUT2D eigenvalue weighted by Crippen LogP contribution is 2.12. The minimum Gasteiger partial charge on any atom is -0.425 e. The Labute approximate surface area is 380 Å². The Hall–Kier alpha value is -5.72. The highest BCUT2D eigenvalue weighted by atomic mass is 16.7. The van der Waals surface area contributed by atoms with Gasteiger partial charge in [0.25, 0.3) is 5.78 Å². The molecule has 2 saturated heterocycles. The number of hydrogen-bond acceptors (Lipinski definition) is 15. The third kappa shape index (κ3) is 21.6. The Morgan fingerprint density at radius 1 is 0.781 bits per heavy atom. The van der Waals surface area contributed by atoms with Gasteiger partial charge in [0.05, 0.1) is 18.9 Å². The molecule has 2 fully saturated rings. The average molecular weight is 889 g/mol. The van der Waals surface area contributed by atoms with Crippen molar-refractivity contribution < 1.29 is 28.7 Å². The van der Waals surface area contributed by atoms with E-state index in [4.69, 9.17) is 9.15 Å². The summed E-state index contributed by atoms with van der Waals surface area (Å²) in [5, 5.41) is 22.6. The molecule has 64 heavy (non-hydrogen) atoms. The number of carbonyl (C=O) groups is 1. The van der Waals surface area contributed by atoms with Crippen molar-refractivity contribution in [2.45, 2.75) is 119 Å². The van der Waals surface area contributed by atoms with Crippen LogP contribution in [0.4, 0.5) is 0 Å². The lowest BCUT2D eigenvalue weighted by atomic mass is 10.1. The number of rotatable bonds is 6. The summed E-state index contributed by atoms with van der Waals surface area (Å²) in [6.45, 7) is 29.8. The van der Waals surface area contributed by atoms with Crippen LogP contribution in [0.1, 0.15) is 147 Å². The molecule has 8 rings (SSSR count). The van der Waals surface area contributed by atoms with Gasteiger partial charge < -0.3 is 23.5 Å². The van der Waals surface area contributed by atoms with Gasteiger partial charge in [-0.2, -0.15) is 4.98 Å². The van der Waals surface area contributed by atoms with E-state index in [1.165, 1.54) is 6.92 Å². The highest BCUT2D eigenvalue weighted by molar-refractivity contribution is 5.65. The molecule has 2 aliphatic rings. The van der Waals surface area contributed by atoms with Gasteiger partial charge in [0.15, 0.2) is 5.82 Å². The van der Waals surface area contributed by atoms with Gasteiger partial charge in [0, 0.05) is 131 Å². The van der Waals surface area contributed by atoms with Crippen LogP contribution in [0.5, 0.6) is 0 Å². The third-order valence-electron chi connectivity index (χ3n) is 9.00. The molecule has 0 saturated carbocycles. The Morgan fingerprint density at radius 3 is 1.83 bits per heavy atom. The van der Waals surface area contributed by atoms with E-state index in [1.807, 2.05) is 76.1 Å². The second-order valence-corrected chi connectivity index (χ2v) is 16.5. The number of fused-ring (bicyclic) bond motifs is 1. The van der Waals surface area contributed by atoms with E-state index < -0.39 is 0 Å². The molecule has 0 atom stereocenters. The van der Waals surface area contributed by atoms with Gasteiger partial charge in [-0.05, 0) is 31.5 Å². The van der Waals surface area contributed by atoms with E-state index in [0.29, 0.717) is 47.1 Å². The van der Waals surface area contributed by atoms with Crippen molar-refractivity contribution in [1.82, 2.24) is 59.3 Å². The lowest BCUT2D eigenvalue weighted by Crippen LogP contribution is -2.38. The predicted molar refractivity (Wildman–Crippen MR) is 246 cm³/mol. The van der Waals surface area contributed by atoms with Crippen molar-refractivity contribution in [2.24, 2.45) is 7.05 Å². The Morgan fingerprint density at radius 2 is 1.48 bits per heavy atom. The number of imidazole rings is 1. The summed E-state index contributed by atoms with van der Waals surface area (Å²) in [6.07, 6.45) is 15.3. The van der Waals surface area contributed by atoms with Crippen LogP contribution in [0, 0.1) is 6.92 Å². The fourth-order valence-electron chi connectivity index (χ4n) is 5.20. The Bertz CT molecular complexity index is 2090. The summed E-state index contributed by atoms with van der Waals surface area (Å²) >= 11 is 0. The summed E-state index contributed by atoms with van der Waals surface area (Å²) in [5.74, 6) is 5.87. The molecule has 8 heterocycles. The molecule has 18 nitrogen and oxygen atoms in total. The standard InChI is InChI=1S/C8H10N4.C8H12NO.C7H12N2.C7H10N2.C6H10N2O.C5H9NO2.C5H11NO/c1-6(2)7-10-8-9-4-3-5-12(8)11-7;1-7(2)8-5-3-4-6-9(8)10;1-6(2)7-8-4-5-9(7)3;1-6(2)7-5-8-3-4-9-7;1-4(2)6-8-7-5(3)9-6;1-5(7)8-6-3-2-4-6;1-6-2-4-7-5-3-6/h3-6H,1-2H3;3-7,10H,1-2H3;4-6H,1-3H3;3-6H,1-2H3;4H,1-3H3;2-4H2,1H3;2-5H2,1H3/q;+1;;;;;. The number of ether oxygens (including phenoxy) is 1. The summed E-state index contributed by atoms with van der Waals surface area (Å²) in [4.78, 5) is 37.7. The number of nitrogens with zero attached hydrogens (tertiary/aromatic N) is 13. The number of pyridine rings is 1. The van der Waals surface area contributed by atoms with Crippen LogP contribution >= 0.6 is 0 Å². The van der Waals surface area contributed by atoms with Crippen molar-refractivity contribution in [2.75, 3.05) is 46.4 Å². The number of aromatic nitrogens is 11. The van der Waals surface area contributed by atoms with Gasteiger partial charge >= 0.3 is 5.97 Å². The molecule has 1 N–H and O–H groups in total. The van der Waals surface area contributed by atoms with Crippen LogP contribution in [0.15, 0.2) is 78.3 Å². The van der Waals surface area contributed by atoms with Gasteiger partial charge in [-0.15, -0.1) is 20.4 Å². The maximum Gasteiger partial charge on any atom is 0.322 e. The molecule has 352 valence electrons. The van der Waals surface area contributed by atoms with E-state index in [1.54, 1.807) is 53.6 Å². The number of hydrogen-bond donors (Lipinski definition) is 1. The summed E-state index contributed by atoms with van der Waals surface area (Å²) < 4.78 is 15.1. The molecule has 0 radical (unpaired) electrons. The van der Waals surface area contributed by atoms with E-state index in [-0.39, 0.29) is 5.97 Å². The minimum atomic E-state index is -0.218. The number of aryl methyl sites for hydroxylation is 2. The average Bonchev–Trinajstić information content (AvgIpc) is 4.01. The fourth-order valence-corrected chi connectivity index (χ4v) is 5.20. The second-order valence-electron chi connectivity index (χ2n) is 16.5. The van der Waals surface area contributed by atoms with Crippen LogP contribution < -0.4 is 4.73 Å². The lowest BCUT2D eigenvalue weighted by molar-refractivity contribution is -0.910. The maximum absolute atomic E-state index is 10.2. The van der Waals surface area contributed by atoms with Gasteiger partial charge in [0.2, 0.25) is 23.7 Å². The van der Waals surface area contributed by atoms with Crippen molar-refractivity contribution in [1.29, 1.82) is 0 Å². The number of carbonyl (C=O) groups excluding carboxylic acids is 1. The van der Waals surface area contributed by atoms with Gasteiger partial charge in [-0.1, -0.05) is 69.2 Å². The largest absolute Gasteiger partial charge is 0.425 e. The monoisotopic (exact) mass is 889 g/mol.